The van der Waals surface area contributed by atoms with Crippen molar-refractivity contribution >= 4 is 16.9 Å². The highest BCUT2D eigenvalue weighted by Crippen LogP contribution is 2.34. The Morgan fingerprint density at radius 2 is 1.21 bits per heavy atom. The van der Waals surface area contributed by atoms with E-state index in [1.165, 1.54) is 42.5 Å². The topological polar surface area (TPSA) is 93.6 Å². The summed E-state index contributed by atoms with van der Waals surface area (Å²) in [5.74, 6) is -1.39. The van der Waals surface area contributed by atoms with Crippen LogP contribution in [0.4, 0.5) is 26.3 Å². The minimum Gasteiger partial charge on any atom is -0.406 e. The number of nitrogens with one attached hydrogen (secondary N) is 1. The highest BCUT2D eigenvalue weighted by atomic mass is 19.4. The van der Waals surface area contributed by atoms with Gasteiger partial charge in [0.2, 0.25) is 0 Å². The van der Waals surface area contributed by atoms with Crippen molar-refractivity contribution < 1.29 is 45.7 Å². The SMILES string of the molecule is O=C(NCCO)c1ccc2nc(-c3ccc(OC(F)(F)F)cc3)c(-c3ccc(OC(F)(F)F)cc3)nc2c1. The van der Waals surface area contributed by atoms with E-state index < -0.39 is 30.1 Å². The summed E-state index contributed by atoms with van der Waals surface area (Å²) >= 11 is 0. The van der Waals surface area contributed by atoms with Crippen LogP contribution in [0, 0.1) is 0 Å². The third-order valence-corrected chi connectivity index (χ3v) is 5.05. The smallest absolute Gasteiger partial charge is 0.406 e. The number of alkyl halides is 6. The zero-order chi connectivity index (χ0) is 27.5. The van der Waals surface area contributed by atoms with Crippen LogP contribution in [0.15, 0.2) is 66.7 Å². The van der Waals surface area contributed by atoms with Gasteiger partial charge in [0.25, 0.3) is 5.91 Å². The number of carbonyl (C=O) groups is 1. The van der Waals surface area contributed by atoms with Gasteiger partial charge in [-0.15, -0.1) is 26.3 Å². The van der Waals surface area contributed by atoms with E-state index in [1.807, 2.05) is 0 Å². The van der Waals surface area contributed by atoms with E-state index in [2.05, 4.69) is 24.8 Å². The second kappa shape index (κ2) is 10.5. The first-order chi connectivity index (χ1) is 17.9. The second-order valence-corrected chi connectivity index (χ2v) is 7.75. The molecule has 1 heterocycles. The Balaban J connectivity index is 1.80. The molecule has 0 unspecified atom stereocenters. The van der Waals surface area contributed by atoms with Gasteiger partial charge in [-0.25, -0.2) is 9.97 Å². The number of nitrogens with zero attached hydrogens (tertiary/aromatic N) is 2. The van der Waals surface area contributed by atoms with Gasteiger partial charge in [-0.05, 0) is 66.7 Å². The summed E-state index contributed by atoms with van der Waals surface area (Å²) in [5.41, 5.74) is 1.93. The van der Waals surface area contributed by atoms with Crippen molar-refractivity contribution in [2.24, 2.45) is 0 Å². The van der Waals surface area contributed by atoms with Crippen molar-refractivity contribution in [2.45, 2.75) is 12.7 Å². The predicted molar refractivity (Wildman–Crippen MR) is 123 cm³/mol. The molecule has 0 aliphatic heterocycles. The number of aromatic nitrogens is 2. The first kappa shape index (κ1) is 26.7. The lowest BCUT2D eigenvalue weighted by Crippen LogP contribution is -2.26. The molecule has 38 heavy (non-hydrogen) atoms. The van der Waals surface area contributed by atoms with Crippen LogP contribution in [-0.4, -0.2) is 46.9 Å². The molecule has 0 saturated heterocycles. The van der Waals surface area contributed by atoms with E-state index in [4.69, 9.17) is 5.11 Å². The molecule has 7 nitrogen and oxygen atoms in total. The van der Waals surface area contributed by atoms with Gasteiger partial charge in [-0.3, -0.25) is 4.79 Å². The third kappa shape index (κ3) is 6.68. The molecule has 0 fully saturated rings. The number of fused-ring (bicyclic) bond motifs is 1. The molecular formula is C25H17F6N3O4. The van der Waals surface area contributed by atoms with E-state index in [1.54, 1.807) is 0 Å². The average Bonchev–Trinajstić information content (AvgIpc) is 2.85. The molecule has 0 atom stereocenters. The molecule has 198 valence electrons. The highest BCUT2D eigenvalue weighted by molar-refractivity contribution is 5.98. The molecule has 4 rings (SSSR count). The predicted octanol–water partition coefficient (Wildman–Crippen LogP) is 5.48. The number of aliphatic hydroxyl groups excluding tert-OH is 1. The number of carbonyl (C=O) groups excluding carboxylic acids is 1. The van der Waals surface area contributed by atoms with E-state index in [9.17, 15) is 31.1 Å². The Labute approximate surface area is 210 Å². The molecule has 0 aliphatic carbocycles. The Morgan fingerprint density at radius 3 is 1.66 bits per heavy atom. The standard InChI is InChI=1S/C25H17F6N3O4/c26-24(27,28)37-17-6-1-14(2-7-17)21-22(15-3-8-18(9-4-15)38-25(29,30)31)34-20-13-16(5-10-19(20)33-21)23(36)32-11-12-35/h1-10,13,35H,11-12H2,(H,32,36). The minimum absolute atomic E-state index is 0.0349. The van der Waals surface area contributed by atoms with Crippen molar-refractivity contribution in [1.82, 2.24) is 15.3 Å². The molecular weight excluding hydrogens is 520 g/mol. The number of halogens is 6. The van der Waals surface area contributed by atoms with Crippen molar-refractivity contribution in [3.8, 4) is 34.0 Å². The zero-order valence-electron chi connectivity index (χ0n) is 19.1. The molecule has 0 aliphatic rings. The number of hydrogen-bond donors (Lipinski definition) is 2. The summed E-state index contributed by atoms with van der Waals surface area (Å²) in [6, 6.07) is 14.1. The van der Waals surface area contributed by atoms with Gasteiger partial charge in [-0.1, -0.05) is 0 Å². The van der Waals surface area contributed by atoms with Crippen LogP contribution < -0.4 is 14.8 Å². The van der Waals surface area contributed by atoms with Gasteiger partial charge in [0.1, 0.15) is 11.5 Å². The Kier molecular flexibility index (Phi) is 7.39. The summed E-state index contributed by atoms with van der Waals surface area (Å²) in [5, 5.41) is 11.4. The zero-order valence-corrected chi connectivity index (χ0v) is 19.1. The Hall–Kier alpha value is -4.39. The van der Waals surface area contributed by atoms with Gasteiger partial charge in [0, 0.05) is 23.2 Å². The number of amides is 1. The van der Waals surface area contributed by atoms with E-state index in [0.29, 0.717) is 16.6 Å². The first-order valence-corrected chi connectivity index (χ1v) is 10.8. The highest BCUT2D eigenvalue weighted by Gasteiger charge is 2.32. The van der Waals surface area contributed by atoms with Crippen LogP contribution >= 0.6 is 0 Å². The van der Waals surface area contributed by atoms with E-state index in [0.717, 1.165) is 24.3 Å². The maximum absolute atomic E-state index is 12.6. The molecule has 0 saturated carbocycles. The van der Waals surface area contributed by atoms with Crippen LogP contribution in [0.25, 0.3) is 33.5 Å². The maximum Gasteiger partial charge on any atom is 0.573 e. The summed E-state index contributed by atoms with van der Waals surface area (Å²) in [7, 11) is 0. The van der Waals surface area contributed by atoms with E-state index in [-0.39, 0.29) is 35.6 Å². The molecule has 1 amide bonds. The molecule has 2 N–H and O–H groups in total. The number of aliphatic hydroxyl groups is 1. The summed E-state index contributed by atoms with van der Waals surface area (Å²) in [4.78, 5) is 21.4. The molecule has 13 heteroatoms. The van der Waals surface area contributed by atoms with Crippen molar-refractivity contribution in [1.29, 1.82) is 0 Å². The van der Waals surface area contributed by atoms with Crippen LogP contribution in [0.3, 0.4) is 0 Å². The lowest BCUT2D eigenvalue weighted by Gasteiger charge is -2.14. The fourth-order valence-electron chi connectivity index (χ4n) is 3.50. The molecule has 0 radical (unpaired) electrons. The molecule has 1 aromatic heterocycles. The third-order valence-electron chi connectivity index (χ3n) is 5.05. The van der Waals surface area contributed by atoms with Crippen molar-refractivity contribution in [3.63, 3.8) is 0 Å². The van der Waals surface area contributed by atoms with E-state index >= 15 is 0 Å². The van der Waals surface area contributed by atoms with Crippen molar-refractivity contribution in [3.05, 3.63) is 72.3 Å². The van der Waals surface area contributed by atoms with Crippen LogP contribution in [-0.2, 0) is 0 Å². The fourth-order valence-corrected chi connectivity index (χ4v) is 3.50. The summed E-state index contributed by atoms with van der Waals surface area (Å²) < 4.78 is 83.2. The monoisotopic (exact) mass is 537 g/mol. The van der Waals surface area contributed by atoms with Gasteiger partial charge in [0.15, 0.2) is 0 Å². The largest absolute Gasteiger partial charge is 0.573 e. The number of rotatable bonds is 7. The Bertz CT molecular complexity index is 1440. The first-order valence-electron chi connectivity index (χ1n) is 10.8. The molecule has 0 spiro atoms. The maximum atomic E-state index is 12.6. The number of benzene rings is 3. The minimum atomic E-state index is -4.89. The lowest BCUT2D eigenvalue weighted by atomic mass is 10.0. The van der Waals surface area contributed by atoms with Gasteiger partial charge in [0.05, 0.1) is 29.0 Å². The molecule has 0 bridgehead atoms. The molecule has 3 aromatic carbocycles. The van der Waals surface area contributed by atoms with Crippen molar-refractivity contribution in [2.75, 3.05) is 13.2 Å². The fraction of sp³-hybridized carbons (Fsp3) is 0.160. The van der Waals surface area contributed by atoms with Crippen LogP contribution in [0.1, 0.15) is 10.4 Å². The van der Waals surface area contributed by atoms with Gasteiger partial charge < -0.3 is 19.9 Å². The van der Waals surface area contributed by atoms with Gasteiger partial charge in [-0.2, -0.15) is 0 Å². The van der Waals surface area contributed by atoms with Crippen LogP contribution in [0.5, 0.6) is 11.5 Å². The Morgan fingerprint density at radius 1 is 0.737 bits per heavy atom. The summed E-state index contributed by atoms with van der Waals surface area (Å²) in [6.45, 7) is -0.222. The number of hydrogen-bond acceptors (Lipinski definition) is 6. The average molecular weight is 537 g/mol. The van der Waals surface area contributed by atoms with Crippen LogP contribution in [0.2, 0.25) is 0 Å². The number of ether oxygens (including phenoxy) is 2. The second-order valence-electron chi connectivity index (χ2n) is 7.75. The lowest BCUT2D eigenvalue weighted by molar-refractivity contribution is -0.275. The quantitative estimate of drug-likeness (QED) is 0.303. The molecule has 4 aromatic rings. The van der Waals surface area contributed by atoms with Gasteiger partial charge >= 0.3 is 12.7 Å². The normalized spacial score (nSPS) is 11.9. The summed E-state index contributed by atoms with van der Waals surface area (Å²) in [6.07, 6.45) is -9.76.